The van der Waals surface area contributed by atoms with Gasteiger partial charge in [-0.15, -0.1) is 0 Å². The van der Waals surface area contributed by atoms with Crippen molar-refractivity contribution in [3.8, 4) is 5.75 Å². The van der Waals surface area contributed by atoms with Crippen LogP contribution < -0.4 is 4.74 Å². The molecule has 5 rings (SSSR count). The number of rotatable bonds is 8. The number of nitrogens with zero attached hydrogens (tertiary/aromatic N) is 4. The van der Waals surface area contributed by atoms with Crippen molar-refractivity contribution in [2.75, 3.05) is 19.5 Å². The second-order valence-corrected chi connectivity index (χ2v) is 9.79. The van der Waals surface area contributed by atoms with Gasteiger partial charge in [-0.3, -0.25) is 4.79 Å². The van der Waals surface area contributed by atoms with E-state index < -0.39 is 0 Å². The summed E-state index contributed by atoms with van der Waals surface area (Å²) in [7, 11) is 1.64. The van der Waals surface area contributed by atoms with E-state index >= 15 is 0 Å². The predicted octanol–water partition coefficient (Wildman–Crippen LogP) is 4.75. The van der Waals surface area contributed by atoms with Gasteiger partial charge < -0.3 is 18.5 Å². The van der Waals surface area contributed by atoms with E-state index in [9.17, 15) is 4.79 Å². The number of aromatic nitrogens is 2. The zero-order valence-corrected chi connectivity index (χ0v) is 21.1. The highest BCUT2D eigenvalue weighted by atomic mass is 32.2. The van der Waals surface area contributed by atoms with Gasteiger partial charge in [0.25, 0.3) is 5.91 Å². The van der Waals surface area contributed by atoms with E-state index in [0.717, 1.165) is 65.3 Å². The van der Waals surface area contributed by atoms with Crippen LogP contribution in [0.25, 0.3) is 0 Å². The first-order valence-corrected chi connectivity index (χ1v) is 12.9. The Bertz CT molecular complexity index is 1200. The molecule has 0 aliphatic carbocycles. The minimum atomic E-state index is -0.273. The molecular formula is C26H30N4O4S. The molecule has 0 spiro atoms. The molecule has 1 fully saturated rings. The van der Waals surface area contributed by atoms with Crippen molar-refractivity contribution >= 4 is 23.4 Å². The van der Waals surface area contributed by atoms with Gasteiger partial charge >= 0.3 is 0 Å². The lowest BCUT2D eigenvalue weighted by molar-refractivity contribution is -0.130. The molecule has 2 aromatic heterocycles. The Morgan fingerprint density at radius 3 is 2.74 bits per heavy atom. The van der Waals surface area contributed by atoms with Gasteiger partial charge in [0.2, 0.25) is 0 Å². The summed E-state index contributed by atoms with van der Waals surface area (Å²) in [4.78, 5) is 18.2. The second kappa shape index (κ2) is 10.3. The van der Waals surface area contributed by atoms with Gasteiger partial charge in [-0.1, -0.05) is 11.8 Å². The van der Waals surface area contributed by atoms with Crippen LogP contribution in [-0.4, -0.2) is 51.8 Å². The van der Waals surface area contributed by atoms with E-state index in [2.05, 4.69) is 11.5 Å². The SMILES string of the molecule is COc1ccc(C2=NN(C(=O)CSc3nc(C)c(C)n3CC3CCCO3)C(c3ccco3)C2)cc1. The fourth-order valence-electron chi connectivity index (χ4n) is 4.53. The third-order valence-corrected chi connectivity index (χ3v) is 7.58. The van der Waals surface area contributed by atoms with Gasteiger partial charge in [-0.2, -0.15) is 5.10 Å². The average Bonchev–Trinajstić information content (AvgIpc) is 3.68. The number of furan rings is 1. The zero-order valence-electron chi connectivity index (χ0n) is 20.3. The Hall–Kier alpha value is -3.04. The summed E-state index contributed by atoms with van der Waals surface area (Å²) in [5.41, 5.74) is 3.90. The van der Waals surface area contributed by atoms with Crippen molar-refractivity contribution in [1.29, 1.82) is 0 Å². The molecule has 0 saturated carbocycles. The normalized spacial score (nSPS) is 19.9. The number of methoxy groups -OCH3 is 1. The molecule has 0 radical (unpaired) electrons. The van der Waals surface area contributed by atoms with Gasteiger partial charge in [0.05, 0.1) is 43.2 Å². The highest BCUT2D eigenvalue weighted by molar-refractivity contribution is 7.99. The Labute approximate surface area is 209 Å². The molecule has 4 heterocycles. The lowest BCUT2D eigenvalue weighted by Gasteiger charge is -2.20. The van der Waals surface area contributed by atoms with E-state index in [1.165, 1.54) is 11.8 Å². The van der Waals surface area contributed by atoms with Crippen molar-refractivity contribution in [2.24, 2.45) is 5.10 Å². The van der Waals surface area contributed by atoms with Crippen molar-refractivity contribution < 1.29 is 18.7 Å². The van der Waals surface area contributed by atoms with E-state index in [4.69, 9.17) is 24.0 Å². The number of aryl methyl sites for hydroxylation is 1. The zero-order chi connectivity index (χ0) is 24.4. The van der Waals surface area contributed by atoms with Gasteiger partial charge in [0.15, 0.2) is 5.16 Å². The standard InChI is InChI=1S/C26H30N4O4S/c1-17-18(2)29(15-21-6-4-12-33-21)26(27-17)35-16-25(31)30-23(24-7-5-13-34-24)14-22(28-30)19-8-10-20(32-3)11-9-19/h5,7-11,13,21,23H,4,6,12,14-16H2,1-3H3. The molecule has 2 aliphatic heterocycles. The minimum absolute atomic E-state index is 0.0816. The summed E-state index contributed by atoms with van der Waals surface area (Å²) in [6.45, 7) is 5.66. The first-order chi connectivity index (χ1) is 17.0. The van der Waals surface area contributed by atoms with E-state index in [0.29, 0.717) is 6.42 Å². The Kier molecular flexibility index (Phi) is 6.97. The maximum absolute atomic E-state index is 13.4. The van der Waals surface area contributed by atoms with Crippen molar-refractivity contribution in [3.63, 3.8) is 0 Å². The molecule has 8 nitrogen and oxygen atoms in total. The van der Waals surface area contributed by atoms with Crippen LogP contribution in [-0.2, 0) is 16.1 Å². The quantitative estimate of drug-likeness (QED) is 0.420. The number of imidazole rings is 1. The molecule has 184 valence electrons. The van der Waals surface area contributed by atoms with E-state index in [1.54, 1.807) is 18.4 Å². The minimum Gasteiger partial charge on any atom is -0.497 e. The van der Waals surface area contributed by atoms with Crippen LogP contribution in [0.15, 0.2) is 57.3 Å². The molecule has 1 saturated heterocycles. The van der Waals surface area contributed by atoms with Crippen LogP contribution in [0.1, 0.15) is 48.0 Å². The maximum atomic E-state index is 13.4. The van der Waals surface area contributed by atoms with Crippen LogP contribution in [0.2, 0.25) is 0 Å². The molecule has 0 bridgehead atoms. The number of hydrogen-bond donors (Lipinski definition) is 0. The largest absolute Gasteiger partial charge is 0.497 e. The molecule has 2 unspecified atom stereocenters. The smallest absolute Gasteiger partial charge is 0.253 e. The lowest BCUT2D eigenvalue weighted by atomic mass is 10.0. The van der Waals surface area contributed by atoms with Crippen LogP contribution in [0, 0.1) is 13.8 Å². The van der Waals surface area contributed by atoms with Gasteiger partial charge in [0.1, 0.15) is 17.6 Å². The van der Waals surface area contributed by atoms with Gasteiger partial charge in [0, 0.05) is 18.7 Å². The number of carbonyl (C=O) groups is 1. The monoisotopic (exact) mass is 494 g/mol. The van der Waals surface area contributed by atoms with Crippen molar-refractivity contribution in [3.05, 3.63) is 65.4 Å². The molecule has 1 aromatic carbocycles. The average molecular weight is 495 g/mol. The van der Waals surface area contributed by atoms with Crippen molar-refractivity contribution in [2.45, 2.75) is 57.0 Å². The Morgan fingerprint density at radius 2 is 2.06 bits per heavy atom. The molecule has 1 amide bonds. The number of ether oxygens (including phenoxy) is 2. The fraction of sp³-hybridized carbons (Fsp3) is 0.423. The third-order valence-electron chi connectivity index (χ3n) is 6.62. The highest BCUT2D eigenvalue weighted by Gasteiger charge is 2.35. The number of thioether (sulfide) groups is 1. The summed E-state index contributed by atoms with van der Waals surface area (Å²) in [6, 6.07) is 11.2. The number of amides is 1. The topological polar surface area (TPSA) is 82.1 Å². The Balaban J connectivity index is 1.34. The van der Waals surface area contributed by atoms with Crippen LogP contribution in [0.3, 0.4) is 0 Å². The summed E-state index contributed by atoms with van der Waals surface area (Å²) in [6.07, 6.45) is 4.57. The van der Waals surface area contributed by atoms with Gasteiger partial charge in [-0.25, -0.2) is 9.99 Å². The molecule has 0 N–H and O–H groups in total. The molecule has 2 aliphatic rings. The second-order valence-electron chi connectivity index (χ2n) is 8.85. The van der Waals surface area contributed by atoms with Crippen LogP contribution in [0.4, 0.5) is 0 Å². The van der Waals surface area contributed by atoms with Gasteiger partial charge in [-0.05, 0) is 68.7 Å². The van der Waals surface area contributed by atoms with E-state index in [1.807, 2.05) is 43.3 Å². The summed E-state index contributed by atoms with van der Waals surface area (Å²) >= 11 is 1.45. The first kappa shape index (κ1) is 23.7. The maximum Gasteiger partial charge on any atom is 0.253 e. The lowest BCUT2D eigenvalue weighted by Crippen LogP contribution is -2.28. The number of hydrazone groups is 1. The highest BCUT2D eigenvalue weighted by Crippen LogP contribution is 2.34. The molecular weight excluding hydrogens is 464 g/mol. The van der Waals surface area contributed by atoms with E-state index in [-0.39, 0.29) is 23.8 Å². The number of benzene rings is 1. The third kappa shape index (κ3) is 5.01. The number of carbonyl (C=O) groups excluding carboxylic acids is 1. The molecule has 35 heavy (non-hydrogen) atoms. The van der Waals surface area contributed by atoms with Crippen LogP contribution >= 0.6 is 11.8 Å². The summed E-state index contributed by atoms with van der Waals surface area (Å²) < 4.78 is 19.0. The summed E-state index contributed by atoms with van der Waals surface area (Å²) in [5, 5.41) is 7.14. The fourth-order valence-corrected chi connectivity index (χ4v) is 5.49. The van der Waals surface area contributed by atoms with Crippen molar-refractivity contribution in [1.82, 2.24) is 14.6 Å². The van der Waals surface area contributed by atoms with Crippen LogP contribution in [0.5, 0.6) is 5.75 Å². The predicted molar refractivity (Wildman–Crippen MR) is 134 cm³/mol. The molecule has 3 aromatic rings. The molecule has 9 heteroatoms. The summed E-state index contributed by atoms with van der Waals surface area (Å²) in [5.74, 6) is 1.66. The Morgan fingerprint density at radius 1 is 1.23 bits per heavy atom. The first-order valence-electron chi connectivity index (χ1n) is 11.9. The molecule has 2 atom stereocenters. The number of hydrogen-bond acceptors (Lipinski definition) is 7.